The number of ether oxygens (including phenoxy) is 1. The molecule has 0 spiro atoms. The number of halogens is 1. The highest BCUT2D eigenvalue weighted by Gasteiger charge is 2.16. The Morgan fingerprint density at radius 2 is 1.91 bits per heavy atom. The topological polar surface area (TPSA) is 72.5 Å². The summed E-state index contributed by atoms with van der Waals surface area (Å²) >= 11 is 0. The lowest BCUT2D eigenvalue weighted by molar-refractivity contribution is 0.0526. The Morgan fingerprint density at radius 3 is 2.59 bits per heavy atom. The van der Waals surface area contributed by atoms with Crippen LogP contribution < -0.4 is 4.72 Å². The van der Waals surface area contributed by atoms with Gasteiger partial charge in [-0.15, -0.1) is 0 Å². The molecule has 0 fully saturated rings. The molecule has 2 aromatic rings. The molecule has 0 atom stereocenters. The number of sulfonamides is 1. The van der Waals surface area contributed by atoms with Crippen molar-refractivity contribution in [2.24, 2.45) is 0 Å². The van der Waals surface area contributed by atoms with Crippen molar-refractivity contribution in [2.75, 3.05) is 11.3 Å². The Bertz CT molecular complexity index is 790. The molecule has 0 aliphatic carbocycles. The van der Waals surface area contributed by atoms with E-state index in [2.05, 4.69) is 4.72 Å². The molecule has 2 rings (SSSR count). The van der Waals surface area contributed by atoms with Crippen LogP contribution in [-0.2, 0) is 14.8 Å². The molecular weight excluding hydrogens is 309 g/mol. The lowest BCUT2D eigenvalue weighted by Crippen LogP contribution is -2.14. The van der Waals surface area contributed by atoms with Gasteiger partial charge in [0.25, 0.3) is 10.0 Å². The minimum absolute atomic E-state index is 0.190. The van der Waals surface area contributed by atoms with E-state index in [1.165, 1.54) is 36.4 Å². The van der Waals surface area contributed by atoms with E-state index in [1.54, 1.807) is 6.92 Å². The summed E-state index contributed by atoms with van der Waals surface area (Å²) in [5.74, 6) is -1.20. The first kappa shape index (κ1) is 16.0. The number of rotatable bonds is 5. The predicted octanol–water partition coefficient (Wildman–Crippen LogP) is 2.80. The third-order valence-electron chi connectivity index (χ3n) is 2.73. The molecule has 22 heavy (non-hydrogen) atoms. The fourth-order valence-corrected chi connectivity index (χ4v) is 2.85. The van der Waals surface area contributed by atoms with E-state index >= 15 is 0 Å². The van der Waals surface area contributed by atoms with Gasteiger partial charge in [0.15, 0.2) is 0 Å². The predicted molar refractivity (Wildman–Crippen MR) is 79.6 cm³/mol. The third-order valence-corrected chi connectivity index (χ3v) is 4.11. The number of anilines is 1. The van der Waals surface area contributed by atoms with E-state index in [9.17, 15) is 17.6 Å². The number of nitrogens with one attached hydrogen (secondary N) is 1. The molecule has 0 heterocycles. The number of hydrogen-bond acceptors (Lipinski definition) is 4. The first-order valence-electron chi connectivity index (χ1n) is 6.48. The molecule has 0 aromatic heterocycles. The molecule has 0 saturated carbocycles. The average molecular weight is 323 g/mol. The van der Waals surface area contributed by atoms with Crippen LogP contribution in [-0.4, -0.2) is 21.0 Å². The Labute approximate surface area is 127 Å². The third kappa shape index (κ3) is 3.82. The molecule has 0 bridgehead atoms. The van der Waals surface area contributed by atoms with Crippen LogP contribution in [0.4, 0.5) is 10.1 Å². The average Bonchev–Trinajstić information content (AvgIpc) is 2.47. The molecule has 0 amide bonds. The lowest BCUT2D eigenvalue weighted by Gasteiger charge is -2.09. The van der Waals surface area contributed by atoms with Gasteiger partial charge >= 0.3 is 5.97 Å². The fourth-order valence-electron chi connectivity index (χ4n) is 1.77. The van der Waals surface area contributed by atoms with Crippen molar-refractivity contribution in [3.05, 3.63) is 59.9 Å². The van der Waals surface area contributed by atoms with Crippen molar-refractivity contribution in [2.45, 2.75) is 11.8 Å². The van der Waals surface area contributed by atoms with E-state index < -0.39 is 21.8 Å². The second kappa shape index (κ2) is 6.57. The monoisotopic (exact) mass is 323 g/mol. The van der Waals surface area contributed by atoms with E-state index in [1.807, 2.05) is 0 Å². The first-order chi connectivity index (χ1) is 10.4. The zero-order valence-corrected chi connectivity index (χ0v) is 12.6. The summed E-state index contributed by atoms with van der Waals surface area (Å²) < 4.78 is 44.6. The van der Waals surface area contributed by atoms with Crippen LogP contribution in [0.3, 0.4) is 0 Å². The second-order valence-electron chi connectivity index (χ2n) is 4.36. The first-order valence-corrected chi connectivity index (χ1v) is 7.96. The molecule has 0 unspecified atom stereocenters. The van der Waals surface area contributed by atoms with Crippen LogP contribution in [0.15, 0.2) is 53.4 Å². The van der Waals surface area contributed by atoms with Crippen molar-refractivity contribution in [3.63, 3.8) is 0 Å². The summed E-state index contributed by atoms with van der Waals surface area (Å²) in [6, 6.07) is 10.5. The molecule has 0 saturated heterocycles. The molecular formula is C15H14FNO4S. The van der Waals surface area contributed by atoms with Crippen molar-refractivity contribution < 1.29 is 22.3 Å². The van der Waals surface area contributed by atoms with Crippen molar-refractivity contribution in [1.82, 2.24) is 0 Å². The molecule has 2 aromatic carbocycles. The standard InChI is InChI=1S/C15H14FNO4S/c1-2-21-15(18)11-5-3-7-13(9-11)17-22(19,20)14-8-4-6-12(16)10-14/h3-10,17H,2H2,1H3. The molecule has 0 radical (unpaired) electrons. The Balaban J connectivity index is 2.27. The smallest absolute Gasteiger partial charge is 0.338 e. The summed E-state index contributed by atoms with van der Waals surface area (Å²) in [5, 5.41) is 0. The highest BCUT2D eigenvalue weighted by atomic mass is 32.2. The maximum absolute atomic E-state index is 13.1. The summed E-state index contributed by atoms with van der Waals surface area (Å²) in [6.45, 7) is 1.90. The minimum atomic E-state index is -3.93. The van der Waals surface area contributed by atoms with E-state index in [-0.39, 0.29) is 22.8 Å². The van der Waals surface area contributed by atoms with Gasteiger partial charge in [-0.05, 0) is 43.3 Å². The highest BCUT2D eigenvalue weighted by molar-refractivity contribution is 7.92. The van der Waals surface area contributed by atoms with E-state index in [0.717, 1.165) is 12.1 Å². The Kier molecular flexibility index (Phi) is 4.77. The van der Waals surface area contributed by atoms with Gasteiger partial charge in [-0.3, -0.25) is 4.72 Å². The van der Waals surface area contributed by atoms with Crippen LogP contribution in [0.25, 0.3) is 0 Å². The van der Waals surface area contributed by atoms with Crippen molar-refractivity contribution in [1.29, 1.82) is 0 Å². The van der Waals surface area contributed by atoms with Gasteiger partial charge in [0.2, 0.25) is 0 Å². The van der Waals surface area contributed by atoms with Crippen LogP contribution >= 0.6 is 0 Å². The van der Waals surface area contributed by atoms with Gasteiger partial charge in [-0.1, -0.05) is 12.1 Å². The van der Waals surface area contributed by atoms with Crippen molar-refractivity contribution >= 4 is 21.7 Å². The normalized spacial score (nSPS) is 11.0. The number of carbonyl (C=O) groups is 1. The zero-order chi connectivity index (χ0) is 16.2. The van der Waals surface area contributed by atoms with Crippen LogP contribution in [0.2, 0.25) is 0 Å². The number of hydrogen-bond donors (Lipinski definition) is 1. The molecule has 5 nitrogen and oxygen atoms in total. The minimum Gasteiger partial charge on any atom is -0.462 e. The Hall–Kier alpha value is -2.41. The van der Waals surface area contributed by atoms with Crippen LogP contribution in [0.5, 0.6) is 0 Å². The fraction of sp³-hybridized carbons (Fsp3) is 0.133. The molecule has 1 N–H and O–H groups in total. The van der Waals surface area contributed by atoms with Crippen LogP contribution in [0, 0.1) is 5.82 Å². The summed E-state index contributed by atoms with van der Waals surface area (Å²) in [6.07, 6.45) is 0. The van der Waals surface area contributed by atoms with E-state index in [4.69, 9.17) is 4.74 Å². The van der Waals surface area contributed by atoms with Gasteiger partial charge in [-0.2, -0.15) is 0 Å². The quantitative estimate of drug-likeness (QED) is 0.859. The highest BCUT2D eigenvalue weighted by Crippen LogP contribution is 2.18. The van der Waals surface area contributed by atoms with Crippen LogP contribution in [0.1, 0.15) is 17.3 Å². The van der Waals surface area contributed by atoms with Gasteiger partial charge in [0.1, 0.15) is 5.82 Å². The maximum Gasteiger partial charge on any atom is 0.338 e. The summed E-state index contributed by atoms with van der Waals surface area (Å²) in [7, 11) is -3.93. The lowest BCUT2D eigenvalue weighted by atomic mass is 10.2. The molecule has 0 aliphatic rings. The molecule has 7 heteroatoms. The number of carbonyl (C=O) groups excluding carboxylic acids is 1. The Morgan fingerprint density at radius 1 is 1.18 bits per heavy atom. The summed E-state index contributed by atoms with van der Waals surface area (Å²) in [4.78, 5) is 11.4. The maximum atomic E-state index is 13.1. The van der Waals surface area contributed by atoms with Gasteiger partial charge in [0.05, 0.1) is 17.1 Å². The molecule has 0 aliphatic heterocycles. The van der Waals surface area contributed by atoms with Gasteiger partial charge in [-0.25, -0.2) is 17.6 Å². The zero-order valence-electron chi connectivity index (χ0n) is 11.7. The van der Waals surface area contributed by atoms with Gasteiger partial charge < -0.3 is 4.74 Å². The number of esters is 1. The SMILES string of the molecule is CCOC(=O)c1cccc(NS(=O)(=O)c2cccc(F)c2)c1. The van der Waals surface area contributed by atoms with Gasteiger partial charge in [0, 0.05) is 5.69 Å². The van der Waals surface area contributed by atoms with Crippen molar-refractivity contribution in [3.8, 4) is 0 Å². The summed E-state index contributed by atoms with van der Waals surface area (Å²) in [5.41, 5.74) is 0.413. The molecule has 116 valence electrons. The van der Waals surface area contributed by atoms with E-state index in [0.29, 0.717) is 0 Å². The second-order valence-corrected chi connectivity index (χ2v) is 6.05. The largest absolute Gasteiger partial charge is 0.462 e. The number of benzene rings is 2.